The van der Waals surface area contributed by atoms with Crippen LogP contribution in [0.1, 0.15) is 23.3 Å². The largest absolute Gasteiger partial charge is 0.470 e. The number of hydrogen-bond donors (Lipinski definition) is 0. The van der Waals surface area contributed by atoms with Crippen molar-refractivity contribution in [2.24, 2.45) is 4.99 Å². The minimum Gasteiger partial charge on any atom is -0.470 e. The second kappa shape index (κ2) is 15.0. The monoisotopic (exact) mass is 591 g/mol. The van der Waals surface area contributed by atoms with Gasteiger partial charge in [-0.2, -0.15) is 0 Å². The molecule has 2 saturated carbocycles. The van der Waals surface area contributed by atoms with Crippen LogP contribution >= 0.6 is 7.92 Å². The first-order valence-electron chi connectivity index (χ1n) is 13.6. The van der Waals surface area contributed by atoms with Gasteiger partial charge in [-0.25, -0.2) is 4.99 Å². The Kier molecular flexibility index (Phi) is 10.9. The van der Waals surface area contributed by atoms with Crippen LogP contribution in [0.4, 0.5) is 0 Å². The van der Waals surface area contributed by atoms with Crippen molar-refractivity contribution in [1.82, 2.24) is 0 Å². The second-order valence-electron chi connectivity index (χ2n) is 9.53. The fourth-order valence-electron chi connectivity index (χ4n) is 5.02. The molecule has 3 aliphatic rings. The summed E-state index contributed by atoms with van der Waals surface area (Å²) in [5, 5.41) is 2.64. The van der Waals surface area contributed by atoms with Crippen molar-refractivity contribution in [2.45, 2.75) is 12.1 Å². The van der Waals surface area contributed by atoms with Gasteiger partial charge in [-0.3, -0.25) is 0 Å². The van der Waals surface area contributed by atoms with Gasteiger partial charge in [0.25, 0.3) is 0 Å². The molecule has 4 aromatic rings. The maximum absolute atomic E-state index is 6.68. The third kappa shape index (κ3) is 7.21. The van der Waals surface area contributed by atoms with Crippen LogP contribution in [0, 0.1) is 62.9 Å². The van der Waals surface area contributed by atoms with Crippen molar-refractivity contribution in [1.29, 1.82) is 0 Å². The summed E-state index contributed by atoms with van der Waals surface area (Å²) < 4.78 is 6.68. The summed E-state index contributed by atoms with van der Waals surface area (Å²) in [4.78, 5) is 5.19. The molecule has 2 atom stereocenters. The standard InChI is InChI=1S/C32H25NOP.C5H5.Fe/c1-5-14-24(15-6-1)30-31(25-16-7-2-8-17-25)34-32(33-30)28-22-13-23-29(28)35(26-18-9-3-10-19-26)27-20-11-4-12-21-27;1-2-4-5-3-1;/h1-23,30-31H;1-5H;/t30-,31-;;/m1../s1. The molecule has 4 aromatic carbocycles. The fraction of sp³-hybridized carbons (Fsp3) is 0.0541. The molecule has 202 valence electrons. The summed E-state index contributed by atoms with van der Waals surface area (Å²) in [7, 11) is -0.744. The van der Waals surface area contributed by atoms with E-state index in [1.807, 2.05) is 44.2 Å². The van der Waals surface area contributed by atoms with Gasteiger partial charge in [-0.05, 0) is 81.0 Å². The van der Waals surface area contributed by atoms with E-state index in [0.29, 0.717) is 0 Å². The molecule has 2 aliphatic carbocycles. The first-order valence-corrected chi connectivity index (χ1v) is 14.9. The summed E-state index contributed by atoms with van der Waals surface area (Å²) in [5.74, 6) is 1.82. The maximum Gasteiger partial charge on any atom is 0.193 e. The SMILES string of the molecule is [CH]1[CH][CH][CH][CH]1.[CH]1[CH][C](C2=N[C@H](c3ccccc3)[C@@H](c3ccccc3)O2)[C](P(c2ccccc2)c2ccccc2)[CH]1.[Fe]. The van der Waals surface area contributed by atoms with E-state index in [0.717, 1.165) is 22.9 Å². The van der Waals surface area contributed by atoms with E-state index >= 15 is 0 Å². The van der Waals surface area contributed by atoms with E-state index in [1.165, 1.54) is 16.3 Å². The van der Waals surface area contributed by atoms with Gasteiger partial charge in [0.05, 0.1) is 5.92 Å². The third-order valence-corrected chi connectivity index (χ3v) is 9.40. The quantitative estimate of drug-likeness (QED) is 0.166. The Morgan fingerprint density at radius 2 is 0.976 bits per heavy atom. The predicted octanol–water partition coefficient (Wildman–Crippen LogP) is 7.78. The molecule has 0 aromatic heterocycles. The zero-order chi connectivity index (χ0) is 27.0. The number of rotatable bonds is 6. The van der Waals surface area contributed by atoms with Crippen molar-refractivity contribution < 1.29 is 21.8 Å². The Balaban J connectivity index is 0.000000510. The zero-order valence-corrected chi connectivity index (χ0v) is 24.5. The Morgan fingerprint density at radius 3 is 1.49 bits per heavy atom. The Morgan fingerprint density at radius 1 is 0.512 bits per heavy atom. The van der Waals surface area contributed by atoms with Crippen molar-refractivity contribution in [3.63, 3.8) is 0 Å². The Bertz CT molecular complexity index is 1300. The molecule has 7 rings (SSSR count). The molecule has 0 bridgehead atoms. The fourth-order valence-corrected chi connectivity index (χ4v) is 7.46. The third-order valence-electron chi connectivity index (χ3n) is 6.90. The molecule has 2 nitrogen and oxygen atoms in total. The van der Waals surface area contributed by atoms with Gasteiger partial charge in [-0.15, -0.1) is 0 Å². The molecule has 41 heavy (non-hydrogen) atoms. The van der Waals surface area contributed by atoms with Crippen LogP contribution < -0.4 is 10.6 Å². The van der Waals surface area contributed by atoms with E-state index in [2.05, 4.69) is 128 Å². The molecule has 1 aliphatic heterocycles. The Labute approximate surface area is 257 Å². The molecule has 2 fully saturated rings. The average Bonchev–Trinajstić information content (AvgIpc) is 3.83. The molecule has 4 heteroatoms. The molecule has 0 saturated heterocycles. The molecular formula is C37H30FeNOP. The number of hydrogen-bond acceptors (Lipinski definition) is 2. The number of nitrogens with zero attached hydrogens (tertiary/aromatic N) is 1. The van der Waals surface area contributed by atoms with Crippen LogP contribution in [0.2, 0.25) is 0 Å². The number of aliphatic imine (C=N–C) groups is 1. The zero-order valence-electron chi connectivity index (χ0n) is 22.5. The van der Waals surface area contributed by atoms with Crippen LogP contribution in [0.3, 0.4) is 0 Å². The molecule has 0 amide bonds. The van der Waals surface area contributed by atoms with Gasteiger partial charge in [-0.1, -0.05) is 121 Å². The molecule has 0 unspecified atom stereocenters. The van der Waals surface area contributed by atoms with E-state index in [4.69, 9.17) is 9.73 Å². The van der Waals surface area contributed by atoms with Crippen LogP contribution in [-0.2, 0) is 21.8 Å². The minimum absolute atomic E-state index is 0. The van der Waals surface area contributed by atoms with Crippen LogP contribution in [-0.4, -0.2) is 5.90 Å². The molecule has 0 spiro atoms. The smallest absolute Gasteiger partial charge is 0.193 e. The van der Waals surface area contributed by atoms with Gasteiger partial charge in [0, 0.05) is 22.7 Å². The van der Waals surface area contributed by atoms with Crippen molar-refractivity contribution in [3.05, 3.63) is 195 Å². The van der Waals surface area contributed by atoms with Gasteiger partial charge >= 0.3 is 0 Å². The topological polar surface area (TPSA) is 21.6 Å². The van der Waals surface area contributed by atoms with Crippen LogP contribution in [0.5, 0.6) is 0 Å². The average molecular weight is 591 g/mol. The van der Waals surface area contributed by atoms with Gasteiger partial charge in [0.15, 0.2) is 12.0 Å². The van der Waals surface area contributed by atoms with E-state index in [1.54, 1.807) is 0 Å². The summed E-state index contributed by atoms with van der Waals surface area (Å²) in [6.07, 6.45) is 16.4. The second-order valence-corrected chi connectivity index (χ2v) is 11.7. The van der Waals surface area contributed by atoms with Crippen molar-refractivity contribution in [3.8, 4) is 0 Å². The predicted molar refractivity (Wildman–Crippen MR) is 167 cm³/mol. The first kappa shape index (κ1) is 29.8. The maximum atomic E-state index is 6.68. The number of benzene rings is 4. The van der Waals surface area contributed by atoms with Crippen molar-refractivity contribution >= 4 is 24.4 Å². The molecule has 0 N–H and O–H groups in total. The summed E-state index contributed by atoms with van der Waals surface area (Å²) >= 11 is 0. The van der Waals surface area contributed by atoms with Crippen LogP contribution in [0.15, 0.2) is 126 Å². The van der Waals surface area contributed by atoms with Gasteiger partial charge in [0.2, 0.25) is 0 Å². The van der Waals surface area contributed by atoms with E-state index < -0.39 is 7.92 Å². The molecular weight excluding hydrogens is 561 g/mol. The van der Waals surface area contributed by atoms with Crippen LogP contribution in [0.25, 0.3) is 0 Å². The Hall–Kier alpha value is -2.70. The van der Waals surface area contributed by atoms with Crippen molar-refractivity contribution in [2.75, 3.05) is 0 Å². The minimum atomic E-state index is -0.744. The van der Waals surface area contributed by atoms with Gasteiger partial charge in [0.1, 0.15) is 6.04 Å². The normalized spacial score (nSPS) is 20.6. The summed E-state index contributed by atoms with van der Waals surface area (Å²) in [6, 6.07) is 42.4. The summed E-state index contributed by atoms with van der Waals surface area (Å²) in [5.41, 5.74) is 3.58. The van der Waals surface area contributed by atoms with E-state index in [9.17, 15) is 0 Å². The molecule has 1 heterocycles. The first-order chi connectivity index (χ1) is 19.9. The summed E-state index contributed by atoms with van der Waals surface area (Å²) in [6.45, 7) is 0. The molecule has 10 radical (unpaired) electrons. The number of ether oxygens (including phenoxy) is 1. The van der Waals surface area contributed by atoms with Gasteiger partial charge < -0.3 is 4.74 Å². The van der Waals surface area contributed by atoms with E-state index in [-0.39, 0.29) is 29.2 Å².